The van der Waals surface area contributed by atoms with Crippen LogP contribution >= 0.6 is 0 Å². The van der Waals surface area contributed by atoms with E-state index in [4.69, 9.17) is 0 Å². The molecular weight excluding hydrogens is 267 g/mol. The van der Waals surface area contributed by atoms with Crippen molar-refractivity contribution in [1.29, 1.82) is 0 Å². The van der Waals surface area contributed by atoms with Crippen LogP contribution in [0.2, 0.25) is 0 Å². The minimum Gasteiger partial charge on any atom is -0.324 e. The van der Waals surface area contributed by atoms with E-state index in [2.05, 4.69) is 5.32 Å². The lowest BCUT2D eigenvalue weighted by Gasteiger charge is -2.26. The van der Waals surface area contributed by atoms with E-state index in [0.29, 0.717) is 18.4 Å². The number of anilines is 1. The van der Waals surface area contributed by atoms with Gasteiger partial charge in [0.1, 0.15) is 0 Å². The van der Waals surface area contributed by atoms with Crippen molar-refractivity contribution in [3.63, 3.8) is 0 Å². The van der Waals surface area contributed by atoms with Gasteiger partial charge in [0.05, 0.1) is 16.7 Å². The van der Waals surface area contributed by atoms with Crippen molar-refractivity contribution in [2.75, 3.05) is 5.32 Å². The average molecular weight is 285 g/mol. The number of carbonyl (C=O) groups excluding carboxylic acids is 1. The van der Waals surface area contributed by atoms with Crippen molar-refractivity contribution in [2.45, 2.75) is 51.1 Å². The van der Waals surface area contributed by atoms with E-state index in [1.54, 1.807) is 6.07 Å². The highest BCUT2D eigenvalue weighted by atomic mass is 19.4. The fourth-order valence-corrected chi connectivity index (χ4v) is 3.15. The van der Waals surface area contributed by atoms with Crippen LogP contribution in [0.1, 0.15) is 50.7 Å². The Morgan fingerprint density at radius 1 is 1.15 bits per heavy atom. The van der Waals surface area contributed by atoms with Crippen LogP contribution in [0.25, 0.3) is 0 Å². The number of para-hydroxylation sites is 1. The summed E-state index contributed by atoms with van der Waals surface area (Å²) in [6, 6.07) is 4.06. The molecule has 0 saturated carbocycles. The number of hydrogen-bond donors (Lipinski definition) is 1. The molecule has 0 atom stereocenters. The van der Waals surface area contributed by atoms with Crippen molar-refractivity contribution in [1.82, 2.24) is 0 Å². The molecule has 0 saturated heterocycles. The molecule has 0 aliphatic carbocycles. The van der Waals surface area contributed by atoms with Crippen molar-refractivity contribution in [3.8, 4) is 0 Å². The minimum absolute atomic E-state index is 0.0492. The lowest BCUT2D eigenvalue weighted by Crippen LogP contribution is -2.34. The molecule has 0 fully saturated rings. The fourth-order valence-electron chi connectivity index (χ4n) is 3.15. The number of benzene rings is 1. The molecule has 2 nitrogen and oxygen atoms in total. The standard InChI is InChI=1S/C15H18F3NO/c1-3-8-14(9-4-2)10-6-5-7-11(15(16,17)18)12(10)19-13(14)20/h5-7H,3-4,8-9H2,1-2H3,(H,19,20). The van der Waals surface area contributed by atoms with Gasteiger partial charge in [-0.1, -0.05) is 38.8 Å². The molecule has 110 valence electrons. The maximum absolute atomic E-state index is 13.0. The predicted molar refractivity (Wildman–Crippen MR) is 71.6 cm³/mol. The van der Waals surface area contributed by atoms with Crippen LogP contribution < -0.4 is 5.32 Å². The number of amides is 1. The van der Waals surface area contributed by atoms with Crippen molar-refractivity contribution < 1.29 is 18.0 Å². The van der Waals surface area contributed by atoms with E-state index in [-0.39, 0.29) is 11.6 Å². The Labute approximate surface area is 116 Å². The topological polar surface area (TPSA) is 29.1 Å². The summed E-state index contributed by atoms with van der Waals surface area (Å²) >= 11 is 0. The van der Waals surface area contributed by atoms with Crippen LogP contribution in [0.3, 0.4) is 0 Å². The highest BCUT2D eigenvalue weighted by Gasteiger charge is 2.48. The summed E-state index contributed by atoms with van der Waals surface area (Å²) in [6.07, 6.45) is -1.80. The molecule has 1 aromatic rings. The molecule has 0 unspecified atom stereocenters. The van der Waals surface area contributed by atoms with Crippen LogP contribution in [0.15, 0.2) is 18.2 Å². The Morgan fingerprint density at radius 3 is 2.25 bits per heavy atom. The molecule has 0 bridgehead atoms. The largest absolute Gasteiger partial charge is 0.418 e. The number of nitrogens with one attached hydrogen (secondary N) is 1. The van der Waals surface area contributed by atoms with Gasteiger partial charge in [-0.05, 0) is 24.5 Å². The van der Waals surface area contributed by atoms with E-state index in [1.165, 1.54) is 6.07 Å². The molecule has 1 aromatic carbocycles. The van der Waals surface area contributed by atoms with Gasteiger partial charge in [0.15, 0.2) is 0 Å². The lowest BCUT2D eigenvalue weighted by atomic mass is 9.74. The first kappa shape index (κ1) is 14.9. The molecule has 2 rings (SSSR count). The van der Waals surface area contributed by atoms with Crippen LogP contribution in [0, 0.1) is 0 Å². The van der Waals surface area contributed by atoms with Crippen LogP contribution in [0.5, 0.6) is 0 Å². The average Bonchev–Trinajstić information content (AvgIpc) is 2.62. The highest BCUT2D eigenvalue weighted by molar-refractivity contribution is 6.07. The van der Waals surface area contributed by atoms with Gasteiger partial charge in [-0.15, -0.1) is 0 Å². The van der Waals surface area contributed by atoms with Crippen LogP contribution in [-0.4, -0.2) is 5.91 Å². The first-order valence-corrected chi connectivity index (χ1v) is 6.89. The minimum atomic E-state index is -4.45. The van der Waals surface area contributed by atoms with E-state index in [0.717, 1.165) is 18.9 Å². The number of fused-ring (bicyclic) bond motifs is 1. The van der Waals surface area contributed by atoms with E-state index < -0.39 is 17.2 Å². The van der Waals surface area contributed by atoms with Crippen molar-refractivity contribution in [3.05, 3.63) is 29.3 Å². The van der Waals surface area contributed by atoms with Gasteiger partial charge in [-0.25, -0.2) is 0 Å². The number of rotatable bonds is 4. The Morgan fingerprint density at radius 2 is 1.75 bits per heavy atom. The second-order valence-electron chi connectivity index (χ2n) is 5.26. The SMILES string of the molecule is CCCC1(CCC)C(=O)Nc2c(C(F)(F)F)cccc21. The Hall–Kier alpha value is -1.52. The summed E-state index contributed by atoms with van der Waals surface area (Å²) in [6.45, 7) is 3.88. The Kier molecular flexibility index (Phi) is 3.80. The fraction of sp³-hybridized carbons (Fsp3) is 0.533. The molecule has 1 heterocycles. The summed E-state index contributed by atoms with van der Waals surface area (Å²) < 4.78 is 39.1. The summed E-state index contributed by atoms with van der Waals surface area (Å²) in [7, 11) is 0. The van der Waals surface area contributed by atoms with Gasteiger partial charge in [-0.2, -0.15) is 13.2 Å². The molecule has 1 aliphatic heterocycles. The zero-order valence-corrected chi connectivity index (χ0v) is 11.6. The molecule has 0 spiro atoms. The Bertz CT molecular complexity index is 516. The maximum atomic E-state index is 13.0. The molecule has 0 radical (unpaired) electrons. The summed E-state index contributed by atoms with van der Waals surface area (Å²) in [5.74, 6) is -0.298. The van der Waals surface area contributed by atoms with Gasteiger partial charge in [0, 0.05) is 0 Å². The molecule has 1 amide bonds. The van der Waals surface area contributed by atoms with Crippen molar-refractivity contribution in [2.24, 2.45) is 0 Å². The van der Waals surface area contributed by atoms with E-state index in [9.17, 15) is 18.0 Å². The third kappa shape index (κ3) is 2.19. The molecule has 1 N–H and O–H groups in total. The zero-order valence-electron chi connectivity index (χ0n) is 11.6. The summed E-state index contributed by atoms with van der Waals surface area (Å²) in [4.78, 5) is 12.3. The van der Waals surface area contributed by atoms with Crippen LogP contribution in [-0.2, 0) is 16.4 Å². The van der Waals surface area contributed by atoms with Gasteiger partial charge < -0.3 is 5.32 Å². The predicted octanol–water partition coefficient (Wildman–Crippen LogP) is 4.50. The molecule has 1 aliphatic rings. The number of alkyl halides is 3. The summed E-state index contributed by atoms with van der Waals surface area (Å²) in [5.41, 5.74) is -1.11. The van der Waals surface area contributed by atoms with E-state index >= 15 is 0 Å². The number of hydrogen-bond acceptors (Lipinski definition) is 1. The number of carbonyl (C=O) groups is 1. The molecule has 5 heteroatoms. The maximum Gasteiger partial charge on any atom is 0.418 e. The Balaban J connectivity index is 2.61. The van der Waals surface area contributed by atoms with E-state index in [1.807, 2.05) is 13.8 Å². The number of halogens is 3. The van der Waals surface area contributed by atoms with Gasteiger partial charge in [0.2, 0.25) is 5.91 Å². The first-order valence-electron chi connectivity index (χ1n) is 6.89. The third-order valence-electron chi connectivity index (χ3n) is 3.91. The molecule has 20 heavy (non-hydrogen) atoms. The van der Waals surface area contributed by atoms with Gasteiger partial charge in [-0.3, -0.25) is 4.79 Å². The van der Waals surface area contributed by atoms with Gasteiger partial charge >= 0.3 is 6.18 Å². The van der Waals surface area contributed by atoms with Crippen molar-refractivity contribution >= 4 is 11.6 Å². The highest BCUT2D eigenvalue weighted by Crippen LogP contribution is 2.48. The molecular formula is C15H18F3NO. The lowest BCUT2D eigenvalue weighted by molar-refractivity contribution is -0.136. The molecule has 0 aromatic heterocycles. The normalized spacial score (nSPS) is 16.9. The zero-order chi connectivity index (χ0) is 15.0. The summed E-state index contributed by atoms with van der Waals surface area (Å²) in [5, 5.41) is 2.47. The third-order valence-corrected chi connectivity index (χ3v) is 3.91. The quantitative estimate of drug-likeness (QED) is 0.867. The monoisotopic (exact) mass is 285 g/mol. The van der Waals surface area contributed by atoms with Crippen LogP contribution in [0.4, 0.5) is 18.9 Å². The first-order chi connectivity index (χ1) is 9.36. The smallest absolute Gasteiger partial charge is 0.324 e. The van der Waals surface area contributed by atoms with Gasteiger partial charge in [0.25, 0.3) is 0 Å². The second kappa shape index (κ2) is 5.11. The second-order valence-corrected chi connectivity index (χ2v) is 5.26.